The van der Waals surface area contributed by atoms with Crippen molar-refractivity contribution in [2.24, 2.45) is 0 Å². The molecule has 3 aromatic rings. The van der Waals surface area contributed by atoms with Crippen molar-refractivity contribution in [3.8, 4) is 0 Å². The Morgan fingerprint density at radius 3 is 1.77 bits per heavy atom. The van der Waals surface area contributed by atoms with Gasteiger partial charge < -0.3 is 19.3 Å². The van der Waals surface area contributed by atoms with Crippen LogP contribution in [-0.4, -0.2) is 36.2 Å². The summed E-state index contributed by atoms with van der Waals surface area (Å²) in [7, 11) is 0. The number of carbonyl (C=O) groups excluding carboxylic acids is 1. The van der Waals surface area contributed by atoms with Crippen molar-refractivity contribution in [1.29, 1.82) is 0 Å². The van der Waals surface area contributed by atoms with E-state index in [1.807, 2.05) is 91.0 Å². The van der Waals surface area contributed by atoms with Gasteiger partial charge in [-0.3, -0.25) is 4.79 Å². The van der Waals surface area contributed by atoms with Gasteiger partial charge in [0.2, 0.25) is 0 Å². The summed E-state index contributed by atoms with van der Waals surface area (Å²) < 4.78 is 17.7. The lowest BCUT2D eigenvalue weighted by atomic mass is 9.80. The average Bonchev–Trinajstić information content (AvgIpc) is 3.14. The Kier molecular flexibility index (Phi) is 6.47. The molecule has 5 nitrogen and oxygen atoms in total. The summed E-state index contributed by atoms with van der Waals surface area (Å²) in [5, 5.41) is 9.99. The first-order valence-electron chi connectivity index (χ1n) is 10.4. The van der Waals surface area contributed by atoms with Gasteiger partial charge in [0, 0.05) is 13.3 Å². The van der Waals surface area contributed by atoms with Gasteiger partial charge >= 0.3 is 5.97 Å². The lowest BCUT2D eigenvalue weighted by Crippen LogP contribution is -2.39. The molecule has 0 aromatic heterocycles. The van der Waals surface area contributed by atoms with Crippen molar-refractivity contribution in [1.82, 2.24) is 0 Å². The van der Waals surface area contributed by atoms with Crippen LogP contribution in [0.2, 0.25) is 0 Å². The maximum absolute atomic E-state index is 11.5. The second-order valence-electron chi connectivity index (χ2n) is 7.60. The lowest BCUT2D eigenvalue weighted by molar-refractivity contribution is -0.156. The van der Waals surface area contributed by atoms with Gasteiger partial charge in [0.05, 0.1) is 6.61 Å². The summed E-state index contributed by atoms with van der Waals surface area (Å²) in [6, 6.07) is 30.0. The zero-order valence-electron chi connectivity index (χ0n) is 17.4. The van der Waals surface area contributed by atoms with Gasteiger partial charge in [0.15, 0.2) is 6.29 Å². The smallest absolute Gasteiger partial charge is 0.302 e. The van der Waals surface area contributed by atoms with E-state index in [2.05, 4.69) is 0 Å². The van der Waals surface area contributed by atoms with Gasteiger partial charge in [0.1, 0.15) is 17.8 Å². The molecule has 0 bridgehead atoms. The number of carbonyl (C=O) groups is 1. The molecular formula is C26H26O5. The first-order chi connectivity index (χ1) is 15.1. The summed E-state index contributed by atoms with van der Waals surface area (Å²) >= 11 is 0. The average molecular weight is 418 g/mol. The van der Waals surface area contributed by atoms with E-state index in [4.69, 9.17) is 14.2 Å². The standard InChI is InChI=1S/C26H26O5/c1-19(27)30-23-17-25(28)31-24(23)18-29-26(20-11-5-2-6-12-20,21-13-7-3-8-14-21)22-15-9-4-10-16-22/h2-16,23-25,28H,17-18H2,1H3/t23-,24+,25?/m0/s1. The highest BCUT2D eigenvalue weighted by Gasteiger charge is 2.42. The van der Waals surface area contributed by atoms with Crippen LogP contribution in [0.3, 0.4) is 0 Å². The van der Waals surface area contributed by atoms with E-state index in [-0.39, 0.29) is 13.0 Å². The monoisotopic (exact) mass is 418 g/mol. The molecular weight excluding hydrogens is 392 g/mol. The molecule has 1 fully saturated rings. The lowest BCUT2D eigenvalue weighted by Gasteiger charge is -2.37. The van der Waals surface area contributed by atoms with Crippen LogP contribution in [0.1, 0.15) is 30.0 Å². The maximum Gasteiger partial charge on any atom is 0.302 e. The zero-order chi connectivity index (χ0) is 21.7. The molecule has 1 saturated heterocycles. The van der Waals surface area contributed by atoms with Crippen LogP contribution in [0.4, 0.5) is 0 Å². The number of aliphatic hydroxyl groups is 1. The predicted molar refractivity (Wildman–Crippen MR) is 116 cm³/mol. The molecule has 0 amide bonds. The van der Waals surface area contributed by atoms with Gasteiger partial charge in [-0.05, 0) is 16.7 Å². The summed E-state index contributed by atoms with van der Waals surface area (Å²) in [4.78, 5) is 11.5. The van der Waals surface area contributed by atoms with Crippen molar-refractivity contribution < 1.29 is 24.1 Å². The minimum atomic E-state index is -0.988. The van der Waals surface area contributed by atoms with Crippen LogP contribution >= 0.6 is 0 Å². The van der Waals surface area contributed by atoms with Gasteiger partial charge in [-0.2, -0.15) is 0 Å². The maximum atomic E-state index is 11.5. The molecule has 1 N–H and O–H groups in total. The van der Waals surface area contributed by atoms with E-state index in [0.717, 1.165) is 16.7 Å². The molecule has 4 rings (SSSR count). The van der Waals surface area contributed by atoms with Crippen molar-refractivity contribution in [3.05, 3.63) is 108 Å². The SMILES string of the molecule is CC(=O)O[C@H]1CC(O)O[C@@H]1COC(c1ccccc1)(c1ccccc1)c1ccccc1. The van der Waals surface area contributed by atoms with Crippen LogP contribution in [0.15, 0.2) is 91.0 Å². The molecule has 3 atom stereocenters. The van der Waals surface area contributed by atoms with E-state index in [1.165, 1.54) is 6.92 Å². The molecule has 1 aliphatic rings. The summed E-state index contributed by atoms with van der Waals surface area (Å²) in [5.41, 5.74) is 2.00. The Labute approximate surface area is 182 Å². The van der Waals surface area contributed by atoms with Gasteiger partial charge in [-0.15, -0.1) is 0 Å². The molecule has 0 aliphatic carbocycles. The normalized spacial score (nSPS) is 21.0. The Balaban J connectivity index is 1.76. The number of hydrogen-bond donors (Lipinski definition) is 1. The van der Waals surface area contributed by atoms with E-state index >= 15 is 0 Å². The van der Waals surface area contributed by atoms with Crippen LogP contribution in [0, 0.1) is 0 Å². The number of benzene rings is 3. The van der Waals surface area contributed by atoms with Crippen LogP contribution in [-0.2, 0) is 24.6 Å². The van der Waals surface area contributed by atoms with Crippen molar-refractivity contribution in [3.63, 3.8) is 0 Å². The topological polar surface area (TPSA) is 65.0 Å². The van der Waals surface area contributed by atoms with Gasteiger partial charge in [-0.25, -0.2) is 0 Å². The fourth-order valence-electron chi connectivity index (χ4n) is 4.15. The molecule has 31 heavy (non-hydrogen) atoms. The van der Waals surface area contributed by atoms with Gasteiger partial charge in [0.25, 0.3) is 0 Å². The largest absolute Gasteiger partial charge is 0.459 e. The molecule has 5 heteroatoms. The fraction of sp³-hybridized carbons (Fsp3) is 0.269. The molecule has 1 heterocycles. The highest BCUT2D eigenvalue weighted by molar-refractivity contribution is 5.66. The van der Waals surface area contributed by atoms with E-state index in [9.17, 15) is 9.90 Å². The molecule has 1 aliphatic heterocycles. The van der Waals surface area contributed by atoms with Crippen LogP contribution < -0.4 is 0 Å². The van der Waals surface area contributed by atoms with Crippen LogP contribution in [0.5, 0.6) is 0 Å². The van der Waals surface area contributed by atoms with Crippen molar-refractivity contribution >= 4 is 5.97 Å². The number of aliphatic hydroxyl groups excluding tert-OH is 1. The highest BCUT2D eigenvalue weighted by Crippen LogP contribution is 2.41. The third-order valence-electron chi connectivity index (χ3n) is 5.50. The number of hydrogen-bond acceptors (Lipinski definition) is 5. The summed E-state index contributed by atoms with van der Waals surface area (Å²) in [6.07, 6.45) is -1.90. The minimum Gasteiger partial charge on any atom is -0.459 e. The molecule has 1 unspecified atom stereocenters. The fourth-order valence-corrected chi connectivity index (χ4v) is 4.15. The van der Waals surface area contributed by atoms with E-state index in [0.29, 0.717) is 0 Å². The number of rotatable bonds is 7. The zero-order valence-corrected chi connectivity index (χ0v) is 17.4. The second kappa shape index (κ2) is 9.43. The number of ether oxygens (including phenoxy) is 3. The third-order valence-corrected chi connectivity index (χ3v) is 5.50. The third kappa shape index (κ3) is 4.54. The summed E-state index contributed by atoms with van der Waals surface area (Å²) in [6.45, 7) is 1.48. The number of esters is 1. The highest BCUT2D eigenvalue weighted by atomic mass is 16.7. The van der Waals surface area contributed by atoms with Crippen molar-refractivity contribution in [2.45, 2.75) is 37.4 Å². The van der Waals surface area contributed by atoms with E-state index < -0.39 is 30.1 Å². The Hall–Kier alpha value is -2.99. The Morgan fingerprint density at radius 2 is 1.35 bits per heavy atom. The molecule has 0 saturated carbocycles. The van der Waals surface area contributed by atoms with Gasteiger partial charge in [-0.1, -0.05) is 91.0 Å². The quantitative estimate of drug-likeness (QED) is 0.464. The van der Waals surface area contributed by atoms with Crippen molar-refractivity contribution in [2.75, 3.05) is 6.61 Å². The first kappa shape index (κ1) is 21.2. The van der Waals surface area contributed by atoms with E-state index in [1.54, 1.807) is 0 Å². The summed E-state index contributed by atoms with van der Waals surface area (Å²) in [5.74, 6) is -0.409. The van der Waals surface area contributed by atoms with Crippen LogP contribution in [0.25, 0.3) is 0 Å². The molecule has 3 aromatic carbocycles. The Morgan fingerprint density at radius 1 is 0.903 bits per heavy atom. The second-order valence-corrected chi connectivity index (χ2v) is 7.60. The first-order valence-corrected chi connectivity index (χ1v) is 10.4. The Bertz CT molecular complexity index is 878. The minimum absolute atomic E-state index is 0.133. The molecule has 0 radical (unpaired) electrons. The predicted octanol–water partition coefficient (Wildman–Crippen LogP) is 4.03. The molecule has 0 spiro atoms. The molecule has 160 valence electrons.